The highest BCUT2D eigenvalue weighted by Crippen LogP contribution is 2.42. The Balaban J connectivity index is 6.88. The Hall–Kier alpha value is -2.12. The molecule has 0 aliphatic rings. The number of unbranched alkanes of at least 4 members (excludes halogenated alkanes) is 29. The standard InChI is InChI=1S/C60H117N3O12S3/c1-4-7-10-13-16-18-20-24-31-40-55(42-33-28-37-46-59(65)62-49-52-77(70,71)72)57(44-35-29-38-47-60(66)63-50-53-78(73,74)75)56(43-34-26-21-17-14-11-8-5-2)54(39-30-23-19-15-12-9-6-3)41-32-25-22-27-36-45-58(64)61-48-51-76(67,68)69/h40,54,56-57H,4-39,41-53H2,1-3H3,(H,61,64)(H,62,65)(H,63,66)(H,67,68,69)(H,70,71,72)(H,73,74,75). The zero-order chi connectivity index (χ0) is 58.0. The molecule has 3 amide bonds. The Labute approximate surface area is 478 Å². The molecule has 462 valence electrons. The number of hydrogen-bond acceptors (Lipinski definition) is 9. The van der Waals surface area contributed by atoms with Crippen molar-refractivity contribution in [3.8, 4) is 0 Å². The summed E-state index contributed by atoms with van der Waals surface area (Å²) in [5.41, 5.74) is 1.54. The monoisotopic (exact) mass is 1170 g/mol. The van der Waals surface area contributed by atoms with Gasteiger partial charge in [0.25, 0.3) is 30.4 Å². The highest BCUT2D eigenvalue weighted by atomic mass is 32.2. The molecule has 0 aliphatic carbocycles. The van der Waals surface area contributed by atoms with Gasteiger partial charge in [-0.05, 0) is 75.5 Å². The van der Waals surface area contributed by atoms with Gasteiger partial charge in [-0.3, -0.25) is 28.0 Å². The predicted molar refractivity (Wildman–Crippen MR) is 322 cm³/mol. The average Bonchev–Trinajstić information content (AvgIpc) is 3.36. The Bertz CT molecular complexity index is 1850. The lowest BCUT2D eigenvalue weighted by molar-refractivity contribution is -0.121. The molecule has 6 N–H and O–H groups in total. The van der Waals surface area contributed by atoms with Gasteiger partial charge < -0.3 is 16.0 Å². The summed E-state index contributed by atoms with van der Waals surface area (Å²) in [4.78, 5) is 37.7. The molecule has 18 heteroatoms. The summed E-state index contributed by atoms with van der Waals surface area (Å²) in [6.45, 7) is 6.43. The highest BCUT2D eigenvalue weighted by molar-refractivity contribution is 7.86. The first-order chi connectivity index (χ1) is 37.3. The first kappa shape index (κ1) is 75.9. The van der Waals surface area contributed by atoms with Crippen LogP contribution in [-0.2, 0) is 44.7 Å². The number of allylic oxidation sites excluding steroid dienone is 2. The van der Waals surface area contributed by atoms with Crippen molar-refractivity contribution in [3.63, 3.8) is 0 Å². The zero-order valence-electron chi connectivity index (χ0n) is 49.7. The van der Waals surface area contributed by atoms with E-state index in [1.165, 1.54) is 154 Å². The molecule has 0 bridgehead atoms. The minimum absolute atomic E-state index is 0.100. The molecule has 3 atom stereocenters. The SMILES string of the molecule is CCCCCCCCCCC=C(CCCCCC(=O)NCCS(=O)(=O)O)C(CCCCCC(=O)NCCS(=O)(=O)O)C(CCCCCCCCCC)C(CCCCCCCCC)CCCCCCCC(=O)NCCS(=O)(=O)O. The Morgan fingerprint density at radius 1 is 0.359 bits per heavy atom. The normalized spacial score (nSPS) is 13.6. The fourth-order valence-corrected chi connectivity index (χ4v) is 12.0. The van der Waals surface area contributed by atoms with Gasteiger partial charge >= 0.3 is 0 Å². The van der Waals surface area contributed by atoms with Crippen LogP contribution >= 0.6 is 0 Å². The lowest BCUT2D eigenvalue weighted by atomic mass is 9.68. The fourth-order valence-electron chi connectivity index (χ4n) is 11.0. The van der Waals surface area contributed by atoms with Gasteiger partial charge in [-0.1, -0.05) is 231 Å². The van der Waals surface area contributed by atoms with E-state index in [4.69, 9.17) is 13.7 Å². The van der Waals surface area contributed by atoms with Crippen molar-refractivity contribution in [2.45, 2.75) is 297 Å². The molecule has 0 aromatic rings. The minimum atomic E-state index is -4.17. The van der Waals surface area contributed by atoms with Gasteiger partial charge in [0.15, 0.2) is 0 Å². The largest absolute Gasteiger partial charge is 0.355 e. The fraction of sp³-hybridized carbons (Fsp3) is 0.917. The van der Waals surface area contributed by atoms with Gasteiger partial charge in [0, 0.05) is 38.9 Å². The van der Waals surface area contributed by atoms with Crippen molar-refractivity contribution in [1.29, 1.82) is 0 Å². The van der Waals surface area contributed by atoms with Crippen LogP contribution in [0.2, 0.25) is 0 Å². The van der Waals surface area contributed by atoms with E-state index >= 15 is 0 Å². The number of carbonyl (C=O) groups is 3. The second-order valence-corrected chi connectivity index (χ2v) is 27.3. The smallest absolute Gasteiger partial charge is 0.266 e. The Kier molecular flexibility index (Phi) is 49.2. The van der Waals surface area contributed by atoms with Crippen LogP contribution in [0.3, 0.4) is 0 Å². The maximum atomic E-state index is 12.7. The van der Waals surface area contributed by atoms with Crippen molar-refractivity contribution in [2.75, 3.05) is 36.9 Å². The van der Waals surface area contributed by atoms with Crippen molar-refractivity contribution in [2.24, 2.45) is 17.8 Å². The van der Waals surface area contributed by atoms with Gasteiger partial charge in [-0.2, -0.15) is 25.3 Å². The van der Waals surface area contributed by atoms with Crippen molar-refractivity contribution >= 4 is 48.1 Å². The molecule has 15 nitrogen and oxygen atoms in total. The van der Waals surface area contributed by atoms with Crippen LogP contribution < -0.4 is 16.0 Å². The molecule has 0 fully saturated rings. The van der Waals surface area contributed by atoms with E-state index in [-0.39, 0.29) is 37.4 Å². The molecule has 78 heavy (non-hydrogen) atoms. The predicted octanol–water partition coefficient (Wildman–Crippen LogP) is 14.6. The first-order valence-corrected chi connectivity index (χ1v) is 36.5. The van der Waals surface area contributed by atoms with Gasteiger partial charge in [0.05, 0.1) is 17.3 Å². The summed E-state index contributed by atoms with van der Waals surface area (Å²) in [6, 6.07) is 0. The Morgan fingerprint density at radius 2 is 0.641 bits per heavy atom. The van der Waals surface area contributed by atoms with Gasteiger partial charge in [0.2, 0.25) is 17.7 Å². The third kappa shape index (κ3) is 52.0. The third-order valence-corrected chi connectivity index (χ3v) is 17.6. The van der Waals surface area contributed by atoms with Crippen molar-refractivity contribution < 1.29 is 53.3 Å². The summed E-state index contributed by atoms with van der Waals surface area (Å²) in [5.74, 6) is -0.760. The van der Waals surface area contributed by atoms with Crippen LogP contribution in [0, 0.1) is 17.8 Å². The quantitative estimate of drug-likeness (QED) is 0.0189. The van der Waals surface area contributed by atoms with E-state index in [1.54, 1.807) is 5.57 Å². The van der Waals surface area contributed by atoms with E-state index in [9.17, 15) is 39.6 Å². The van der Waals surface area contributed by atoms with E-state index in [1.807, 2.05) is 0 Å². The number of amides is 3. The molecule has 0 aromatic carbocycles. The summed E-state index contributed by atoms with van der Waals surface area (Å²) >= 11 is 0. The molecule has 0 radical (unpaired) electrons. The number of rotatable bonds is 58. The number of hydrogen-bond donors (Lipinski definition) is 6. The number of nitrogens with one attached hydrogen (secondary N) is 3. The lowest BCUT2D eigenvalue weighted by Crippen LogP contribution is -2.28. The molecular weight excluding hydrogens is 1050 g/mol. The van der Waals surface area contributed by atoms with Crippen molar-refractivity contribution in [3.05, 3.63) is 11.6 Å². The third-order valence-electron chi connectivity index (χ3n) is 15.4. The molecule has 3 unspecified atom stereocenters. The topological polar surface area (TPSA) is 250 Å². The summed E-state index contributed by atoms with van der Waals surface area (Å²) < 4.78 is 94.4. The second kappa shape index (κ2) is 50.6. The van der Waals surface area contributed by atoms with Crippen LogP contribution in [0.5, 0.6) is 0 Å². The van der Waals surface area contributed by atoms with E-state index in [0.717, 1.165) is 89.9 Å². The number of carbonyl (C=O) groups excluding carboxylic acids is 3. The molecule has 0 saturated carbocycles. The molecule has 0 heterocycles. The van der Waals surface area contributed by atoms with Crippen LogP contribution in [-0.4, -0.2) is 93.5 Å². The minimum Gasteiger partial charge on any atom is -0.355 e. The molecular formula is C60H117N3O12S3. The summed E-state index contributed by atoms with van der Waals surface area (Å²) in [6.07, 6.45) is 48.6. The maximum Gasteiger partial charge on any atom is 0.266 e. The summed E-state index contributed by atoms with van der Waals surface area (Å²) in [5, 5.41) is 7.87. The molecule has 0 aliphatic heterocycles. The first-order valence-electron chi connectivity index (χ1n) is 31.7. The van der Waals surface area contributed by atoms with Crippen LogP contribution in [0.4, 0.5) is 0 Å². The molecule has 0 aromatic heterocycles. The zero-order valence-corrected chi connectivity index (χ0v) is 52.1. The van der Waals surface area contributed by atoms with Crippen LogP contribution in [0.15, 0.2) is 11.6 Å². The Morgan fingerprint density at radius 3 is 1.01 bits per heavy atom. The highest BCUT2D eigenvalue weighted by Gasteiger charge is 2.31. The van der Waals surface area contributed by atoms with Gasteiger partial charge in [0.1, 0.15) is 0 Å². The second-order valence-electron chi connectivity index (χ2n) is 22.6. The lowest BCUT2D eigenvalue weighted by Gasteiger charge is -2.37. The van der Waals surface area contributed by atoms with E-state index in [2.05, 4.69) is 42.8 Å². The van der Waals surface area contributed by atoms with Crippen LogP contribution in [0.25, 0.3) is 0 Å². The van der Waals surface area contributed by atoms with Crippen LogP contribution in [0.1, 0.15) is 297 Å². The maximum absolute atomic E-state index is 12.7. The van der Waals surface area contributed by atoms with E-state index < -0.39 is 47.6 Å². The molecule has 0 rings (SSSR count). The van der Waals surface area contributed by atoms with Gasteiger partial charge in [-0.25, -0.2) is 0 Å². The molecule has 0 spiro atoms. The summed E-state index contributed by atoms with van der Waals surface area (Å²) in [7, 11) is -12.5. The van der Waals surface area contributed by atoms with Crippen molar-refractivity contribution in [1.82, 2.24) is 16.0 Å². The average molecular weight is 1170 g/mol. The molecule has 0 saturated heterocycles. The van der Waals surface area contributed by atoms with E-state index in [0.29, 0.717) is 49.9 Å². The van der Waals surface area contributed by atoms with Gasteiger partial charge in [-0.15, -0.1) is 0 Å².